The Hall–Kier alpha value is 2.19. The van der Waals surface area contributed by atoms with Crippen LogP contribution < -0.4 is 12.4 Å². The van der Waals surface area contributed by atoms with Crippen LogP contribution in [0, 0.1) is 0 Å². The first kappa shape index (κ1) is 41.4. The van der Waals surface area contributed by atoms with Crippen LogP contribution in [0.1, 0.15) is 0 Å². The SMILES string of the molecule is C[Si](C)(C)[N-][Si](C)(C)C.C[Si](C)(C)[N-][Si](C)(C)C.C[Si](C)(C)[N-][Si](C)(C)C.[Cl-].[Ti+2]. The first-order valence-electron chi connectivity index (χ1n) is 10.3. The maximum Gasteiger partial charge on any atom is 2.00 e. The van der Waals surface area contributed by atoms with E-state index < -0.39 is 49.4 Å². The van der Waals surface area contributed by atoms with Crippen molar-refractivity contribution in [1.29, 1.82) is 0 Å². The molecule has 29 heavy (non-hydrogen) atoms. The fourth-order valence-corrected chi connectivity index (χ4v) is 27.2. The average molecular weight is 564 g/mol. The minimum absolute atomic E-state index is 0. The summed E-state index contributed by atoms with van der Waals surface area (Å²) in [6.07, 6.45) is 0. The summed E-state index contributed by atoms with van der Waals surface area (Å²) in [4.78, 5) is 0. The summed E-state index contributed by atoms with van der Waals surface area (Å²) in [5.74, 6) is 0. The van der Waals surface area contributed by atoms with Crippen molar-refractivity contribution in [3.05, 3.63) is 13.9 Å². The van der Waals surface area contributed by atoms with Gasteiger partial charge in [-0.2, -0.15) is 0 Å². The molecule has 3 nitrogen and oxygen atoms in total. The zero-order valence-electron chi connectivity index (χ0n) is 23.2. The van der Waals surface area contributed by atoms with E-state index in [1.807, 2.05) is 0 Å². The molecule has 0 saturated carbocycles. The normalized spacial score (nSPS) is 13.0. The summed E-state index contributed by atoms with van der Waals surface area (Å²) in [6, 6.07) is 0. The molecule has 0 fully saturated rings. The number of hydrogen-bond acceptors (Lipinski definition) is 0. The van der Waals surface area contributed by atoms with Crippen LogP contribution >= 0.6 is 0 Å². The van der Waals surface area contributed by atoms with Gasteiger partial charge in [-0.25, -0.2) is 0 Å². The van der Waals surface area contributed by atoms with Gasteiger partial charge in [0, 0.05) is 0 Å². The van der Waals surface area contributed by atoms with Crippen molar-refractivity contribution in [2.75, 3.05) is 0 Å². The van der Waals surface area contributed by atoms with Crippen LogP contribution in [0.2, 0.25) is 118 Å². The number of halogens is 1. The van der Waals surface area contributed by atoms with Crippen LogP contribution in [0.4, 0.5) is 0 Å². The van der Waals surface area contributed by atoms with Crippen LogP contribution in [0.5, 0.6) is 0 Å². The second-order valence-corrected chi connectivity index (χ2v) is 42.1. The Bertz CT molecular complexity index is 303. The summed E-state index contributed by atoms with van der Waals surface area (Å²) >= 11 is 0. The summed E-state index contributed by atoms with van der Waals surface area (Å²) in [5, 5.41) is 0. The third kappa shape index (κ3) is 58.9. The summed E-state index contributed by atoms with van der Waals surface area (Å²) in [5.41, 5.74) is 0. The van der Waals surface area contributed by atoms with Crippen molar-refractivity contribution >= 4 is 49.4 Å². The molecule has 0 saturated heterocycles. The molecule has 0 rings (SSSR count). The molecule has 0 aliphatic carbocycles. The van der Waals surface area contributed by atoms with Crippen molar-refractivity contribution in [2.45, 2.75) is 118 Å². The third-order valence-corrected chi connectivity index (χ3v) is 18.1. The van der Waals surface area contributed by atoms with Gasteiger partial charge < -0.3 is 26.4 Å². The Balaban J connectivity index is -0.0000000960. The van der Waals surface area contributed by atoms with Gasteiger partial charge in [-0.1, -0.05) is 167 Å². The molecular formula is C18H54ClN3Si6Ti-2. The van der Waals surface area contributed by atoms with E-state index in [1.54, 1.807) is 0 Å². The Morgan fingerprint density at radius 3 is 0.345 bits per heavy atom. The molecule has 0 atom stereocenters. The summed E-state index contributed by atoms with van der Waals surface area (Å²) in [6.45, 7) is 41.3. The fourth-order valence-electron chi connectivity index (χ4n) is 3.02. The maximum absolute atomic E-state index is 4.82. The Kier molecular flexibility index (Phi) is 21.7. The van der Waals surface area contributed by atoms with E-state index in [1.165, 1.54) is 0 Å². The van der Waals surface area contributed by atoms with Crippen molar-refractivity contribution in [2.24, 2.45) is 0 Å². The van der Waals surface area contributed by atoms with Crippen LogP contribution in [-0.2, 0) is 21.7 Å². The molecule has 0 aliphatic heterocycles. The molecule has 0 aliphatic rings. The van der Waals surface area contributed by atoms with Crippen molar-refractivity contribution in [3.63, 3.8) is 0 Å². The summed E-state index contributed by atoms with van der Waals surface area (Å²) in [7, 11) is -6.64. The number of nitrogens with zero attached hydrogens (tertiary/aromatic N) is 3. The molecule has 0 aromatic carbocycles. The minimum Gasteiger partial charge on any atom is -1.00 e. The Labute approximate surface area is 214 Å². The molecule has 0 heterocycles. The first-order valence-corrected chi connectivity index (χ1v) is 31.0. The molecule has 178 valence electrons. The largest absolute Gasteiger partial charge is 2.00 e. The van der Waals surface area contributed by atoms with E-state index in [2.05, 4.69) is 118 Å². The molecule has 0 radical (unpaired) electrons. The smallest absolute Gasteiger partial charge is 1.00 e. The van der Waals surface area contributed by atoms with E-state index in [0.717, 1.165) is 0 Å². The number of hydrogen-bond donors (Lipinski definition) is 0. The van der Waals surface area contributed by atoms with Crippen molar-refractivity contribution in [1.82, 2.24) is 0 Å². The molecular weight excluding hydrogens is 510 g/mol. The zero-order valence-corrected chi connectivity index (χ0v) is 31.5. The van der Waals surface area contributed by atoms with E-state index >= 15 is 0 Å². The molecule has 0 unspecified atom stereocenters. The van der Waals surface area contributed by atoms with Gasteiger partial charge in [0.2, 0.25) is 0 Å². The first-order chi connectivity index (χ1) is 11.1. The van der Waals surface area contributed by atoms with Gasteiger partial charge in [0.1, 0.15) is 0 Å². The second-order valence-electron chi connectivity index (χ2n) is 13.4. The van der Waals surface area contributed by atoms with Crippen LogP contribution in [0.15, 0.2) is 0 Å². The topological polar surface area (TPSA) is 42.3 Å². The van der Waals surface area contributed by atoms with Crippen LogP contribution in [0.3, 0.4) is 0 Å². The molecule has 0 aromatic rings. The van der Waals surface area contributed by atoms with Gasteiger partial charge in [0.15, 0.2) is 0 Å². The van der Waals surface area contributed by atoms with E-state index in [-0.39, 0.29) is 34.1 Å². The molecule has 0 amide bonds. The molecule has 0 spiro atoms. The van der Waals surface area contributed by atoms with Crippen molar-refractivity contribution in [3.8, 4) is 0 Å². The van der Waals surface area contributed by atoms with E-state index in [9.17, 15) is 0 Å². The number of rotatable bonds is 6. The van der Waals surface area contributed by atoms with Gasteiger partial charge >= 0.3 is 21.7 Å². The monoisotopic (exact) mass is 563 g/mol. The zero-order chi connectivity index (χ0) is 23.1. The van der Waals surface area contributed by atoms with Gasteiger partial charge in [-0.15, -0.1) is 0 Å². The summed E-state index contributed by atoms with van der Waals surface area (Å²) < 4.78 is 14.5. The fraction of sp³-hybridized carbons (Fsp3) is 1.00. The molecule has 0 bridgehead atoms. The van der Waals surface area contributed by atoms with E-state index in [0.29, 0.717) is 0 Å². The standard InChI is InChI=1S/3C6H18NSi2.ClH.Ti/c3*1-8(2,3)7-9(4,5)6;;/h3*1-6H3;1H;/q3*-1;;+2/p-1. The quantitative estimate of drug-likeness (QED) is 0.351. The minimum atomic E-state index is -1.11. The van der Waals surface area contributed by atoms with E-state index in [4.69, 9.17) is 13.9 Å². The van der Waals surface area contributed by atoms with Gasteiger partial charge in [-0.3, -0.25) is 0 Å². The second kappa shape index (κ2) is 15.2. The predicted molar refractivity (Wildman–Crippen MR) is 150 cm³/mol. The average Bonchev–Trinajstić information content (AvgIpc) is 1.96. The molecule has 0 aromatic heterocycles. The Morgan fingerprint density at radius 1 is 0.276 bits per heavy atom. The van der Waals surface area contributed by atoms with Gasteiger partial charge in [0.25, 0.3) is 0 Å². The van der Waals surface area contributed by atoms with Gasteiger partial charge in [0.05, 0.1) is 0 Å². The Morgan fingerprint density at radius 2 is 0.345 bits per heavy atom. The third-order valence-electron chi connectivity index (χ3n) is 2.01. The molecule has 0 N–H and O–H groups in total. The van der Waals surface area contributed by atoms with Crippen LogP contribution in [0.25, 0.3) is 13.9 Å². The maximum atomic E-state index is 4.82. The van der Waals surface area contributed by atoms with Crippen LogP contribution in [-0.4, -0.2) is 49.4 Å². The predicted octanol–water partition coefficient (Wildman–Crippen LogP) is 6.09. The van der Waals surface area contributed by atoms with Gasteiger partial charge in [-0.05, 0) is 0 Å². The van der Waals surface area contributed by atoms with Crippen molar-refractivity contribution < 1.29 is 34.1 Å². The molecule has 11 heteroatoms.